The normalized spacial score (nSPS) is 11.5. The van der Waals surface area contributed by atoms with Gasteiger partial charge in [0.2, 0.25) is 0 Å². The molecular formula is C63H103ClN2O2P2Pd+2. The van der Waals surface area contributed by atoms with E-state index in [4.69, 9.17) is 21.1 Å². The minimum absolute atomic E-state index is 0. The summed E-state index contributed by atoms with van der Waals surface area (Å²) < 4.78 is 10.2. The maximum absolute atomic E-state index is 5.64. The molecule has 5 rings (SSSR count). The second-order valence-corrected chi connectivity index (χ2v) is 35.2. The molecule has 0 bridgehead atoms. The zero-order valence-corrected chi connectivity index (χ0v) is 53.8. The van der Waals surface area contributed by atoms with Gasteiger partial charge >= 0.3 is 0 Å². The number of nitrogens with zero attached hydrogens (tertiary/aromatic N) is 1. The fourth-order valence-electron chi connectivity index (χ4n) is 10.8. The van der Waals surface area contributed by atoms with Gasteiger partial charge in [0.25, 0.3) is 0 Å². The molecule has 1 N–H and O–H groups in total. The molecule has 0 heterocycles. The fourth-order valence-corrected chi connectivity index (χ4v) is 24.5. The van der Waals surface area contributed by atoms with Gasteiger partial charge in [-0.3, -0.25) is 0 Å². The summed E-state index contributed by atoms with van der Waals surface area (Å²) in [5.41, 5.74) is 7.47. The Balaban J connectivity index is 0. The maximum atomic E-state index is 5.64. The van der Waals surface area contributed by atoms with Crippen molar-refractivity contribution in [2.75, 3.05) is 37.5 Å². The predicted molar refractivity (Wildman–Crippen MR) is 327 cm³/mol. The summed E-state index contributed by atoms with van der Waals surface area (Å²) in [5.74, 6) is 1.68. The van der Waals surface area contributed by atoms with E-state index in [1.54, 1.807) is 20.3 Å². The first-order valence-electron chi connectivity index (χ1n) is 25.4. The number of methoxy groups -OCH3 is 2. The number of nitrogens with one attached hydrogen (secondary N) is 1. The average molecular weight is 1120 g/mol. The maximum Gasteiger partial charge on any atom is 0.120 e. The number of ether oxygens (including phenoxy) is 2. The third kappa shape index (κ3) is 29.6. The summed E-state index contributed by atoms with van der Waals surface area (Å²) in [5, 5.41) is 6.86. The van der Waals surface area contributed by atoms with Gasteiger partial charge in [-0.25, -0.2) is 0 Å². The Kier molecular flexibility index (Phi) is 32.1. The molecule has 0 fully saturated rings. The number of hydrogen-bond donors (Lipinski definition) is 1. The van der Waals surface area contributed by atoms with Crippen LogP contribution in [0.25, 0.3) is 0 Å². The smallest absolute Gasteiger partial charge is 0.120 e. The number of halogens is 1. The first kappa shape index (κ1) is 70.2. The third-order valence-electron chi connectivity index (χ3n) is 10.9. The number of benzene rings is 5. The average Bonchev–Trinajstić information content (AvgIpc) is 3.21. The zero-order chi connectivity index (χ0) is 54.3. The molecule has 4 nitrogen and oxygen atoms in total. The summed E-state index contributed by atoms with van der Waals surface area (Å²) in [6.07, 6.45) is 0. The largest absolute Gasteiger partial charge is 0.497 e. The Bertz CT molecular complexity index is 2030. The van der Waals surface area contributed by atoms with E-state index in [2.05, 4.69) is 242 Å². The molecular weight excluding hydrogens is 1020 g/mol. The van der Waals surface area contributed by atoms with E-state index in [0.717, 1.165) is 30.3 Å². The Hall–Kier alpha value is -2.89. The van der Waals surface area contributed by atoms with Gasteiger partial charge in [0.15, 0.2) is 0 Å². The van der Waals surface area contributed by atoms with E-state index < -0.39 is 15.8 Å². The van der Waals surface area contributed by atoms with Crippen LogP contribution in [0.15, 0.2) is 127 Å². The Morgan fingerprint density at radius 2 is 0.789 bits per heavy atom. The van der Waals surface area contributed by atoms with Crippen LogP contribution in [-0.2, 0) is 20.4 Å². The van der Waals surface area contributed by atoms with Gasteiger partial charge in [0.1, 0.15) is 11.5 Å². The summed E-state index contributed by atoms with van der Waals surface area (Å²) in [6, 6.07) is 42.7. The number of rotatable bonds is 7. The SMILES string of the molecule is CC(C)(C)[PH+](C(C)(C)C)C(C)(C)C.CC(C)(C)[PH+](C(C)(C)C)C(C)(C)C.CCN(c1ccc(C)cc1)c1cccc(OC)c1.CCNc1ccc(C)cc1.COc1cccc(Cl)c1.Cc1ccccc1.[Pd]. The fraction of sp³-hybridized carbons (Fsp3) is 0.524. The minimum atomic E-state index is -0.391. The van der Waals surface area contributed by atoms with Crippen molar-refractivity contribution < 1.29 is 29.9 Å². The third-order valence-corrected chi connectivity index (χ3v) is 20.2. The first-order valence-corrected chi connectivity index (χ1v) is 28.8. The molecule has 402 valence electrons. The van der Waals surface area contributed by atoms with Crippen LogP contribution < -0.4 is 19.7 Å². The van der Waals surface area contributed by atoms with Crippen LogP contribution in [0, 0.1) is 20.8 Å². The molecule has 0 aromatic heterocycles. The molecule has 0 spiro atoms. The van der Waals surface area contributed by atoms with E-state index in [1.165, 1.54) is 28.1 Å². The van der Waals surface area contributed by atoms with Crippen molar-refractivity contribution in [1.29, 1.82) is 0 Å². The summed E-state index contributed by atoms with van der Waals surface area (Å²) in [4.78, 5) is 2.27. The predicted octanol–water partition coefficient (Wildman–Crippen LogP) is 20.1. The van der Waals surface area contributed by atoms with Crippen LogP contribution in [0.1, 0.15) is 155 Å². The van der Waals surface area contributed by atoms with Crippen molar-refractivity contribution in [2.24, 2.45) is 0 Å². The first-order chi connectivity index (χ1) is 32.0. The van der Waals surface area contributed by atoms with Gasteiger partial charge in [0.05, 0.1) is 45.2 Å². The summed E-state index contributed by atoms with van der Waals surface area (Å²) in [7, 11) is 2.53. The zero-order valence-electron chi connectivity index (χ0n) is 49.5. The van der Waals surface area contributed by atoms with Crippen LogP contribution in [0.5, 0.6) is 11.5 Å². The second-order valence-electron chi connectivity index (χ2n) is 24.2. The molecule has 0 radical (unpaired) electrons. The molecule has 8 heteroatoms. The molecule has 0 aliphatic heterocycles. The van der Waals surface area contributed by atoms with Gasteiger partial charge in [-0.15, -0.1) is 0 Å². The van der Waals surface area contributed by atoms with Gasteiger partial charge < -0.3 is 19.7 Å². The van der Waals surface area contributed by atoms with Gasteiger partial charge in [-0.05, 0) is 214 Å². The van der Waals surface area contributed by atoms with Crippen LogP contribution in [0.4, 0.5) is 17.1 Å². The molecule has 5 aromatic carbocycles. The van der Waals surface area contributed by atoms with Crippen molar-refractivity contribution in [1.82, 2.24) is 0 Å². The van der Waals surface area contributed by atoms with Crippen molar-refractivity contribution in [2.45, 2.75) is 190 Å². The second kappa shape index (κ2) is 32.4. The number of aryl methyl sites for hydroxylation is 3. The van der Waals surface area contributed by atoms with E-state index in [9.17, 15) is 0 Å². The summed E-state index contributed by atoms with van der Waals surface area (Å²) in [6.45, 7) is 55.7. The Morgan fingerprint density at radius 1 is 0.437 bits per heavy atom. The molecule has 71 heavy (non-hydrogen) atoms. The van der Waals surface area contributed by atoms with Crippen LogP contribution in [0.2, 0.25) is 5.02 Å². The van der Waals surface area contributed by atoms with Crippen LogP contribution in [-0.4, -0.2) is 58.2 Å². The van der Waals surface area contributed by atoms with E-state index in [1.807, 2.05) is 48.5 Å². The van der Waals surface area contributed by atoms with Crippen LogP contribution in [0.3, 0.4) is 0 Å². The van der Waals surface area contributed by atoms with Crippen molar-refractivity contribution in [3.8, 4) is 11.5 Å². The molecule has 0 aliphatic rings. The van der Waals surface area contributed by atoms with Crippen molar-refractivity contribution in [3.63, 3.8) is 0 Å². The topological polar surface area (TPSA) is 33.7 Å². The quantitative estimate of drug-likeness (QED) is 0.130. The van der Waals surface area contributed by atoms with Gasteiger partial charge in [-0.2, -0.15) is 0 Å². The molecule has 0 aliphatic carbocycles. The van der Waals surface area contributed by atoms with Crippen molar-refractivity contribution >= 4 is 44.5 Å². The monoisotopic (exact) mass is 1120 g/mol. The molecule has 0 amide bonds. The van der Waals surface area contributed by atoms with E-state index in [0.29, 0.717) is 36.0 Å². The molecule has 0 saturated heterocycles. The molecule has 5 aromatic rings. The summed E-state index contributed by atoms with van der Waals surface area (Å²) >= 11 is 5.64. The molecule has 0 atom stereocenters. The Morgan fingerprint density at radius 3 is 1.07 bits per heavy atom. The van der Waals surface area contributed by atoms with Crippen molar-refractivity contribution in [3.05, 3.63) is 149 Å². The number of hydrogen-bond acceptors (Lipinski definition) is 4. The van der Waals surface area contributed by atoms with E-state index >= 15 is 0 Å². The molecule has 0 saturated carbocycles. The van der Waals surface area contributed by atoms with E-state index in [-0.39, 0.29) is 20.4 Å². The number of anilines is 3. The minimum Gasteiger partial charge on any atom is -0.497 e. The van der Waals surface area contributed by atoms with Crippen LogP contribution >= 0.6 is 27.4 Å². The van der Waals surface area contributed by atoms with Gasteiger partial charge in [0, 0.05) is 77.5 Å². The molecule has 0 unspecified atom stereocenters. The van der Waals surface area contributed by atoms with Gasteiger partial charge in [-0.1, -0.05) is 95.0 Å². The standard InChI is InChI=1S/C16H19NO.2C12H27P.C9H13N.C7H7ClO.C7H8.Pd/c1-4-17(14-10-8-13(2)9-11-14)15-6-5-7-16(12-15)18-3;2*1-10(2,3)13(11(4,5)6)12(7,8)9;1-3-10-9-6-4-8(2)5-7-9;1-9-7-4-2-3-6(8)5-7;1-7-5-3-2-4-6-7;/h5-12H,4H2,1-3H3;2*1-9H3;4-7,10H,3H2,1-2H3;2-5H,1H3;2-6H,1H3;/p+2. The Labute approximate surface area is 459 Å².